The highest BCUT2D eigenvalue weighted by molar-refractivity contribution is 6.18. The van der Waals surface area contributed by atoms with E-state index < -0.39 is 0 Å². The van der Waals surface area contributed by atoms with Crippen molar-refractivity contribution in [1.82, 2.24) is 4.90 Å². The largest absolute Gasteiger partial charge is 0.299 e. The van der Waals surface area contributed by atoms with Gasteiger partial charge in [-0.1, -0.05) is 19.1 Å². The fraction of sp³-hybridized carbons (Fsp3) is 0.818. The minimum Gasteiger partial charge on any atom is -0.299 e. The molecule has 1 aliphatic rings. The molecular weight excluding hydrogens is 182 g/mol. The van der Waals surface area contributed by atoms with E-state index in [0.29, 0.717) is 5.88 Å². The highest BCUT2D eigenvalue weighted by Gasteiger charge is 2.23. The van der Waals surface area contributed by atoms with Crippen LogP contribution in [0.4, 0.5) is 0 Å². The summed E-state index contributed by atoms with van der Waals surface area (Å²) in [5, 5.41) is 0. The van der Waals surface area contributed by atoms with Crippen molar-refractivity contribution in [2.24, 2.45) is 5.92 Å². The second kappa shape index (κ2) is 6.44. The maximum absolute atomic E-state index is 5.57. The van der Waals surface area contributed by atoms with Crippen LogP contribution in [0.15, 0.2) is 12.2 Å². The predicted octanol–water partition coefficient (Wildman–Crippen LogP) is 2.90. The van der Waals surface area contributed by atoms with Gasteiger partial charge < -0.3 is 0 Å². The van der Waals surface area contributed by atoms with Crippen LogP contribution < -0.4 is 0 Å². The van der Waals surface area contributed by atoms with Gasteiger partial charge >= 0.3 is 0 Å². The Morgan fingerprint density at radius 1 is 1.38 bits per heavy atom. The molecule has 0 unspecified atom stereocenters. The summed E-state index contributed by atoms with van der Waals surface area (Å²) in [4.78, 5) is 2.53. The summed E-state index contributed by atoms with van der Waals surface area (Å²) in [6, 6.07) is 0. The number of halogens is 1. The van der Waals surface area contributed by atoms with Crippen LogP contribution >= 0.6 is 11.6 Å². The second-order valence-electron chi connectivity index (χ2n) is 3.83. The van der Waals surface area contributed by atoms with Gasteiger partial charge in [0, 0.05) is 19.0 Å². The third-order valence-corrected chi connectivity index (χ3v) is 2.55. The first-order chi connectivity index (χ1) is 6.36. The average molecular weight is 202 g/mol. The SMILES string of the molecule is CCCN(CC=CCCl)CC1CC1. The van der Waals surface area contributed by atoms with Crippen LogP contribution in [0.2, 0.25) is 0 Å². The molecule has 76 valence electrons. The van der Waals surface area contributed by atoms with Crippen LogP contribution in [-0.4, -0.2) is 30.4 Å². The molecule has 1 saturated carbocycles. The van der Waals surface area contributed by atoms with Crippen LogP contribution in [0.3, 0.4) is 0 Å². The average Bonchev–Trinajstić information content (AvgIpc) is 2.89. The Morgan fingerprint density at radius 3 is 2.69 bits per heavy atom. The molecule has 0 N–H and O–H groups in total. The van der Waals surface area contributed by atoms with Gasteiger partial charge in [-0.15, -0.1) is 11.6 Å². The molecule has 1 aliphatic carbocycles. The van der Waals surface area contributed by atoms with Crippen LogP contribution in [0, 0.1) is 5.92 Å². The molecule has 2 heteroatoms. The van der Waals surface area contributed by atoms with Crippen molar-refractivity contribution in [2.45, 2.75) is 26.2 Å². The fourth-order valence-corrected chi connectivity index (χ4v) is 1.65. The Morgan fingerprint density at radius 2 is 2.15 bits per heavy atom. The van der Waals surface area contributed by atoms with Crippen LogP contribution in [0.1, 0.15) is 26.2 Å². The van der Waals surface area contributed by atoms with Gasteiger partial charge in [-0.25, -0.2) is 0 Å². The number of rotatable bonds is 7. The molecule has 0 bridgehead atoms. The number of alkyl halides is 1. The van der Waals surface area contributed by atoms with Crippen molar-refractivity contribution >= 4 is 11.6 Å². The third-order valence-electron chi connectivity index (χ3n) is 2.37. The monoisotopic (exact) mass is 201 g/mol. The maximum atomic E-state index is 5.57. The highest BCUT2D eigenvalue weighted by Crippen LogP contribution is 2.29. The lowest BCUT2D eigenvalue weighted by Crippen LogP contribution is -2.27. The Labute approximate surface area is 86.8 Å². The maximum Gasteiger partial charge on any atom is 0.0404 e. The van der Waals surface area contributed by atoms with Gasteiger partial charge in [-0.3, -0.25) is 4.90 Å². The number of hydrogen-bond acceptors (Lipinski definition) is 1. The first-order valence-corrected chi connectivity index (χ1v) is 5.83. The van der Waals surface area contributed by atoms with Gasteiger partial charge in [-0.2, -0.15) is 0 Å². The Hall–Kier alpha value is -0.0100. The Kier molecular flexibility index (Phi) is 5.49. The lowest BCUT2D eigenvalue weighted by atomic mass is 10.3. The molecule has 1 fully saturated rings. The molecule has 0 atom stereocenters. The summed E-state index contributed by atoms with van der Waals surface area (Å²) in [7, 11) is 0. The van der Waals surface area contributed by atoms with E-state index in [1.54, 1.807) is 0 Å². The van der Waals surface area contributed by atoms with E-state index in [9.17, 15) is 0 Å². The van der Waals surface area contributed by atoms with Crippen molar-refractivity contribution in [1.29, 1.82) is 0 Å². The molecule has 0 radical (unpaired) electrons. The molecule has 0 aromatic heterocycles. The van der Waals surface area contributed by atoms with Crippen LogP contribution in [0.25, 0.3) is 0 Å². The molecule has 0 spiro atoms. The van der Waals surface area contributed by atoms with Crippen molar-refractivity contribution in [2.75, 3.05) is 25.5 Å². The van der Waals surface area contributed by atoms with Gasteiger partial charge in [-0.05, 0) is 31.7 Å². The highest BCUT2D eigenvalue weighted by atomic mass is 35.5. The molecule has 0 aromatic carbocycles. The minimum atomic E-state index is 0.642. The molecule has 0 aromatic rings. The van der Waals surface area contributed by atoms with E-state index in [1.807, 2.05) is 6.08 Å². The summed E-state index contributed by atoms with van der Waals surface area (Å²) in [6.45, 7) is 5.84. The van der Waals surface area contributed by atoms with Crippen LogP contribution in [-0.2, 0) is 0 Å². The van der Waals surface area contributed by atoms with Crippen molar-refractivity contribution in [3.63, 3.8) is 0 Å². The van der Waals surface area contributed by atoms with Crippen molar-refractivity contribution in [3.8, 4) is 0 Å². The smallest absolute Gasteiger partial charge is 0.0404 e. The molecule has 0 amide bonds. The standard InChI is InChI=1S/C11H20ClN/c1-2-8-13(9-4-3-7-12)10-11-5-6-11/h3-4,11H,2,5-10H2,1H3. The second-order valence-corrected chi connectivity index (χ2v) is 4.14. The quantitative estimate of drug-likeness (QED) is 0.452. The molecular formula is C11H20ClN. The first kappa shape index (κ1) is 11.1. The Bertz CT molecular complexity index is 152. The number of nitrogens with zero attached hydrogens (tertiary/aromatic N) is 1. The summed E-state index contributed by atoms with van der Waals surface area (Å²) in [5.74, 6) is 1.64. The normalized spacial score (nSPS) is 17.5. The van der Waals surface area contributed by atoms with Gasteiger partial charge in [0.1, 0.15) is 0 Å². The summed E-state index contributed by atoms with van der Waals surface area (Å²) in [5.41, 5.74) is 0. The zero-order chi connectivity index (χ0) is 9.52. The molecule has 0 saturated heterocycles. The topological polar surface area (TPSA) is 3.24 Å². The zero-order valence-electron chi connectivity index (χ0n) is 8.51. The van der Waals surface area contributed by atoms with Crippen molar-refractivity contribution in [3.05, 3.63) is 12.2 Å². The molecule has 13 heavy (non-hydrogen) atoms. The molecule has 0 aliphatic heterocycles. The van der Waals surface area contributed by atoms with E-state index in [1.165, 1.54) is 32.4 Å². The van der Waals surface area contributed by atoms with Gasteiger partial charge in [0.2, 0.25) is 0 Å². The lowest BCUT2D eigenvalue weighted by molar-refractivity contribution is 0.290. The van der Waals surface area contributed by atoms with E-state index >= 15 is 0 Å². The summed E-state index contributed by atoms with van der Waals surface area (Å²) in [6.07, 6.45) is 8.36. The van der Waals surface area contributed by atoms with E-state index in [-0.39, 0.29) is 0 Å². The minimum absolute atomic E-state index is 0.642. The number of allylic oxidation sites excluding steroid dienone is 1. The first-order valence-electron chi connectivity index (χ1n) is 5.30. The summed E-state index contributed by atoms with van der Waals surface area (Å²) >= 11 is 5.57. The zero-order valence-corrected chi connectivity index (χ0v) is 9.26. The third kappa shape index (κ3) is 5.33. The molecule has 1 rings (SSSR count). The summed E-state index contributed by atoms with van der Waals surface area (Å²) < 4.78 is 0. The van der Waals surface area contributed by atoms with Gasteiger partial charge in [0.15, 0.2) is 0 Å². The predicted molar refractivity (Wildman–Crippen MR) is 59.3 cm³/mol. The lowest BCUT2D eigenvalue weighted by Gasteiger charge is -2.19. The molecule has 1 nitrogen and oxygen atoms in total. The van der Waals surface area contributed by atoms with Gasteiger partial charge in [0.25, 0.3) is 0 Å². The fourth-order valence-electron chi connectivity index (χ4n) is 1.53. The van der Waals surface area contributed by atoms with Crippen molar-refractivity contribution < 1.29 is 0 Å². The Balaban J connectivity index is 2.15. The van der Waals surface area contributed by atoms with Gasteiger partial charge in [0.05, 0.1) is 0 Å². The molecule has 0 heterocycles. The van der Waals surface area contributed by atoms with Crippen LogP contribution in [0.5, 0.6) is 0 Å². The van der Waals surface area contributed by atoms with E-state index in [0.717, 1.165) is 12.5 Å². The van der Waals surface area contributed by atoms with E-state index in [2.05, 4.69) is 17.9 Å². The number of hydrogen-bond donors (Lipinski definition) is 0. The van der Waals surface area contributed by atoms with E-state index in [4.69, 9.17) is 11.6 Å².